The van der Waals surface area contributed by atoms with Crippen LogP contribution in [0.25, 0.3) is 0 Å². The van der Waals surface area contributed by atoms with Crippen molar-refractivity contribution in [3.05, 3.63) is 65.2 Å². The molecule has 2 aromatic carbocycles. The van der Waals surface area contributed by atoms with E-state index in [9.17, 15) is 9.90 Å². The number of carboxylic acids is 1. The molecule has 0 saturated heterocycles. The second-order valence-corrected chi connectivity index (χ2v) is 5.83. The van der Waals surface area contributed by atoms with E-state index in [4.69, 9.17) is 0 Å². The van der Waals surface area contributed by atoms with Crippen LogP contribution in [0.5, 0.6) is 0 Å². The summed E-state index contributed by atoms with van der Waals surface area (Å²) < 4.78 is 0. The summed E-state index contributed by atoms with van der Waals surface area (Å²) in [6.07, 6.45) is 0. The first-order valence-electron chi connectivity index (χ1n) is 6.58. The molecule has 20 heavy (non-hydrogen) atoms. The third kappa shape index (κ3) is 2.57. The minimum Gasteiger partial charge on any atom is -0.544 e. The van der Waals surface area contributed by atoms with Crippen molar-refractivity contribution in [3.8, 4) is 0 Å². The molecule has 0 radical (unpaired) electrons. The summed E-state index contributed by atoms with van der Waals surface area (Å²) >= 11 is 1.81. The average molecular weight is 285 g/mol. The summed E-state index contributed by atoms with van der Waals surface area (Å²) in [4.78, 5) is 12.0. The molecule has 3 nitrogen and oxygen atoms in total. The van der Waals surface area contributed by atoms with Crippen LogP contribution in [0.3, 0.4) is 0 Å². The molecule has 3 rings (SSSR count). The van der Waals surface area contributed by atoms with Gasteiger partial charge < -0.3 is 15.2 Å². The van der Waals surface area contributed by atoms with E-state index in [2.05, 4.69) is 24.3 Å². The molecule has 0 amide bonds. The van der Waals surface area contributed by atoms with Crippen molar-refractivity contribution in [3.63, 3.8) is 0 Å². The Morgan fingerprint density at radius 1 is 1.15 bits per heavy atom. The number of hydrogen-bond donors (Lipinski definition) is 1. The Morgan fingerprint density at radius 3 is 2.65 bits per heavy atom. The Kier molecular flexibility index (Phi) is 3.76. The van der Waals surface area contributed by atoms with Crippen molar-refractivity contribution in [2.45, 2.75) is 16.7 Å². The summed E-state index contributed by atoms with van der Waals surface area (Å²) in [5, 5.41) is 12.7. The number of hydrogen-bond acceptors (Lipinski definition) is 3. The standard InChI is InChI=1S/C16H15NO2S/c18-15(19)9-17-16-12-6-2-1-5-11(12)10-20-14-8-4-3-7-13(14)16/h1-8,16-17H,9-10H2,(H,18,19)/t16-/m0/s1. The molecule has 4 heteroatoms. The smallest absolute Gasteiger partial charge is 0.139 e. The van der Waals surface area contributed by atoms with E-state index < -0.39 is 5.97 Å². The second-order valence-electron chi connectivity index (χ2n) is 4.81. The first-order valence-corrected chi connectivity index (χ1v) is 7.57. The normalized spacial score (nSPS) is 16.9. The number of fused-ring (bicyclic) bond motifs is 2. The van der Waals surface area contributed by atoms with Crippen LogP contribution in [0, 0.1) is 0 Å². The fraction of sp³-hybridized carbons (Fsp3) is 0.188. The van der Waals surface area contributed by atoms with E-state index in [0.29, 0.717) is 0 Å². The topological polar surface area (TPSA) is 56.7 Å². The maximum absolute atomic E-state index is 10.8. The highest BCUT2D eigenvalue weighted by atomic mass is 32.2. The molecule has 1 heterocycles. The predicted molar refractivity (Wildman–Crippen MR) is 76.1 cm³/mol. The van der Waals surface area contributed by atoms with E-state index in [1.165, 1.54) is 21.6 Å². The van der Waals surface area contributed by atoms with Gasteiger partial charge in [-0.3, -0.25) is 0 Å². The van der Waals surface area contributed by atoms with Crippen molar-refractivity contribution in [2.75, 3.05) is 6.54 Å². The van der Waals surface area contributed by atoms with E-state index in [1.54, 1.807) is 0 Å². The molecule has 0 unspecified atom stereocenters. The first kappa shape index (κ1) is 13.2. The number of carbonyl (C=O) groups excluding carboxylic acids is 1. The molecular formula is C16H15NO2S. The predicted octanol–water partition coefficient (Wildman–Crippen LogP) is 0.695. The van der Waals surface area contributed by atoms with Gasteiger partial charge in [0.05, 0.1) is 5.97 Å². The van der Waals surface area contributed by atoms with E-state index in [0.717, 1.165) is 5.75 Å². The Labute approximate surface area is 122 Å². The number of nitrogens with two attached hydrogens (primary N) is 1. The number of benzene rings is 2. The van der Waals surface area contributed by atoms with E-state index in [1.807, 2.05) is 41.3 Å². The number of carboxylic acid groups (broad SMARTS) is 1. The molecule has 0 fully saturated rings. The third-order valence-electron chi connectivity index (χ3n) is 3.55. The molecule has 0 aliphatic carbocycles. The van der Waals surface area contributed by atoms with Gasteiger partial charge in [0.1, 0.15) is 12.6 Å². The minimum absolute atomic E-state index is 0.0234. The Bertz CT molecular complexity index is 594. The Hall–Kier alpha value is -1.78. The quantitative estimate of drug-likeness (QED) is 0.903. The van der Waals surface area contributed by atoms with Gasteiger partial charge in [-0.1, -0.05) is 42.5 Å². The summed E-state index contributed by atoms with van der Waals surface area (Å²) in [5.41, 5.74) is 3.66. The molecule has 1 aliphatic rings. The molecule has 2 N–H and O–H groups in total. The van der Waals surface area contributed by atoms with Gasteiger partial charge in [-0.15, -0.1) is 11.8 Å². The lowest BCUT2D eigenvalue weighted by Gasteiger charge is -2.18. The Balaban J connectivity index is 2.06. The molecular weight excluding hydrogens is 270 g/mol. The summed E-state index contributed by atoms with van der Waals surface area (Å²) in [6.45, 7) is -0.0298. The van der Waals surface area contributed by atoms with Crippen molar-refractivity contribution in [1.29, 1.82) is 0 Å². The molecule has 102 valence electrons. The number of rotatable bonds is 3. The zero-order valence-corrected chi connectivity index (χ0v) is 11.7. The lowest BCUT2D eigenvalue weighted by Crippen LogP contribution is -2.88. The summed E-state index contributed by atoms with van der Waals surface area (Å²) in [6, 6.07) is 16.5. The SMILES string of the molecule is O=C([O-])C[NH2+][C@H]1c2ccccc2CSc2ccccc21. The van der Waals surface area contributed by atoms with Crippen LogP contribution < -0.4 is 10.4 Å². The maximum Gasteiger partial charge on any atom is 0.139 e. The van der Waals surface area contributed by atoms with Crippen LogP contribution in [0.1, 0.15) is 22.7 Å². The lowest BCUT2D eigenvalue weighted by atomic mass is 9.95. The van der Waals surface area contributed by atoms with Gasteiger partial charge in [-0.05, 0) is 11.6 Å². The Morgan fingerprint density at radius 2 is 1.85 bits per heavy atom. The minimum atomic E-state index is -1.03. The molecule has 0 aromatic heterocycles. The van der Waals surface area contributed by atoms with Gasteiger partial charge in [-0.25, -0.2) is 0 Å². The van der Waals surface area contributed by atoms with Crippen LogP contribution in [0.4, 0.5) is 0 Å². The van der Waals surface area contributed by atoms with Crippen molar-refractivity contribution in [1.82, 2.24) is 0 Å². The number of carbonyl (C=O) groups is 1. The van der Waals surface area contributed by atoms with Gasteiger partial charge in [0.25, 0.3) is 0 Å². The number of quaternary nitrogens is 1. The van der Waals surface area contributed by atoms with E-state index >= 15 is 0 Å². The maximum atomic E-state index is 10.8. The van der Waals surface area contributed by atoms with Gasteiger partial charge >= 0.3 is 0 Å². The zero-order valence-electron chi connectivity index (χ0n) is 10.9. The van der Waals surface area contributed by atoms with Crippen LogP contribution in [-0.2, 0) is 10.5 Å². The molecule has 0 bridgehead atoms. The zero-order chi connectivity index (χ0) is 13.9. The summed E-state index contributed by atoms with van der Waals surface area (Å²) in [7, 11) is 0. The van der Waals surface area contributed by atoms with Gasteiger partial charge in [0.2, 0.25) is 0 Å². The summed E-state index contributed by atoms with van der Waals surface area (Å²) in [5.74, 6) is -0.111. The third-order valence-corrected chi connectivity index (χ3v) is 4.69. The molecule has 1 aliphatic heterocycles. The highest BCUT2D eigenvalue weighted by Crippen LogP contribution is 2.37. The van der Waals surface area contributed by atoms with Crippen LogP contribution >= 0.6 is 11.8 Å². The van der Waals surface area contributed by atoms with Gasteiger partial charge in [-0.2, -0.15) is 0 Å². The average Bonchev–Trinajstić information content (AvgIpc) is 2.62. The van der Waals surface area contributed by atoms with Crippen LogP contribution in [0.15, 0.2) is 53.4 Å². The van der Waals surface area contributed by atoms with Crippen molar-refractivity contribution < 1.29 is 15.2 Å². The van der Waals surface area contributed by atoms with Gasteiger partial charge in [0.15, 0.2) is 0 Å². The second kappa shape index (κ2) is 5.69. The number of aliphatic carboxylic acids is 1. The highest BCUT2D eigenvalue weighted by molar-refractivity contribution is 7.98. The van der Waals surface area contributed by atoms with Crippen LogP contribution in [-0.4, -0.2) is 12.5 Å². The number of thioether (sulfide) groups is 1. The fourth-order valence-corrected chi connectivity index (χ4v) is 3.74. The highest BCUT2D eigenvalue weighted by Gasteiger charge is 2.25. The van der Waals surface area contributed by atoms with Crippen LogP contribution in [0.2, 0.25) is 0 Å². The molecule has 0 spiro atoms. The monoisotopic (exact) mass is 285 g/mol. The lowest BCUT2D eigenvalue weighted by molar-refractivity contribution is -0.682. The first-order chi connectivity index (χ1) is 9.75. The molecule has 2 aromatic rings. The fourth-order valence-electron chi connectivity index (χ4n) is 2.63. The molecule has 0 saturated carbocycles. The largest absolute Gasteiger partial charge is 0.544 e. The van der Waals surface area contributed by atoms with Gasteiger partial charge in [0, 0.05) is 21.8 Å². The molecule has 1 atom stereocenters. The van der Waals surface area contributed by atoms with E-state index in [-0.39, 0.29) is 12.6 Å². The van der Waals surface area contributed by atoms with Crippen molar-refractivity contribution >= 4 is 17.7 Å². The van der Waals surface area contributed by atoms with Crippen molar-refractivity contribution in [2.24, 2.45) is 0 Å².